The molecule has 0 heterocycles. The van der Waals surface area contributed by atoms with Crippen molar-refractivity contribution in [1.82, 2.24) is 5.32 Å². The van der Waals surface area contributed by atoms with Crippen LogP contribution in [0.2, 0.25) is 0 Å². The van der Waals surface area contributed by atoms with Gasteiger partial charge in [-0.2, -0.15) is 0 Å². The summed E-state index contributed by atoms with van der Waals surface area (Å²) in [6, 6.07) is 0.605. The van der Waals surface area contributed by atoms with Gasteiger partial charge in [0.05, 0.1) is 0 Å². The molecule has 1 heteroatoms. The Kier molecular flexibility index (Phi) is 5.56. The van der Waals surface area contributed by atoms with Crippen LogP contribution in [0.4, 0.5) is 0 Å². The number of rotatable bonds is 6. The van der Waals surface area contributed by atoms with Crippen molar-refractivity contribution >= 4 is 0 Å². The van der Waals surface area contributed by atoms with Gasteiger partial charge in [-0.25, -0.2) is 0 Å². The van der Waals surface area contributed by atoms with Crippen molar-refractivity contribution < 1.29 is 0 Å². The molecule has 0 aromatic heterocycles. The summed E-state index contributed by atoms with van der Waals surface area (Å²) >= 11 is 0. The van der Waals surface area contributed by atoms with Gasteiger partial charge in [0.25, 0.3) is 0 Å². The minimum Gasteiger partial charge on any atom is -0.309 e. The Hall–Kier alpha value is -0.0400. The summed E-state index contributed by atoms with van der Waals surface area (Å²) in [4.78, 5) is 0. The molecule has 0 rings (SSSR count). The molecule has 0 bridgehead atoms. The highest BCUT2D eigenvalue weighted by molar-refractivity contribution is 4.83. The molecule has 74 valence electrons. The average Bonchev–Trinajstić information content (AvgIpc) is 1.85. The lowest BCUT2D eigenvalue weighted by molar-refractivity contribution is 0.280. The van der Waals surface area contributed by atoms with Crippen molar-refractivity contribution in [3.8, 4) is 0 Å². The zero-order chi connectivity index (χ0) is 9.61. The van der Waals surface area contributed by atoms with Crippen LogP contribution in [0.3, 0.4) is 0 Å². The summed E-state index contributed by atoms with van der Waals surface area (Å²) in [7, 11) is 0. The molecule has 0 saturated heterocycles. The van der Waals surface area contributed by atoms with E-state index < -0.39 is 0 Å². The molecule has 1 N–H and O–H groups in total. The van der Waals surface area contributed by atoms with Gasteiger partial charge in [0.1, 0.15) is 0 Å². The van der Waals surface area contributed by atoms with Crippen molar-refractivity contribution in [2.24, 2.45) is 0 Å². The van der Waals surface area contributed by atoms with Crippen LogP contribution in [0, 0.1) is 0 Å². The summed E-state index contributed by atoms with van der Waals surface area (Å²) < 4.78 is 0. The van der Waals surface area contributed by atoms with Crippen LogP contribution >= 0.6 is 0 Å². The maximum absolute atomic E-state index is 3.66. The van der Waals surface area contributed by atoms with E-state index in [1.54, 1.807) is 0 Å². The second-order valence-electron chi connectivity index (χ2n) is 4.36. The average molecular weight is 171 g/mol. The van der Waals surface area contributed by atoms with E-state index in [-0.39, 0.29) is 0 Å². The quantitative estimate of drug-likeness (QED) is 0.646. The molecule has 0 radical (unpaired) electrons. The van der Waals surface area contributed by atoms with Gasteiger partial charge in [0.2, 0.25) is 0 Å². The van der Waals surface area contributed by atoms with Gasteiger partial charge >= 0.3 is 0 Å². The Bertz CT molecular complexity index is 102. The maximum Gasteiger partial charge on any atom is 0.0155 e. The highest BCUT2D eigenvalue weighted by Crippen LogP contribution is 2.19. The molecule has 1 nitrogen and oxygen atoms in total. The van der Waals surface area contributed by atoms with Crippen molar-refractivity contribution in [2.75, 3.05) is 0 Å². The molecular weight excluding hydrogens is 146 g/mol. The van der Waals surface area contributed by atoms with E-state index in [9.17, 15) is 0 Å². The Morgan fingerprint density at radius 3 is 1.75 bits per heavy atom. The van der Waals surface area contributed by atoms with Crippen molar-refractivity contribution in [2.45, 2.75) is 71.9 Å². The topological polar surface area (TPSA) is 12.0 Å². The molecule has 12 heavy (non-hydrogen) atoms. The van der Waals surface area contributed by atoms with Gasteiger partial charge in [-0.15, -0.1) is 0 Å². The number of nitrogens with one attached hydrogen (secondary N) is 1. The summed E-state index contributed by atoms with van der Waals surface area (Å²) in [6.07, 6.45) is 5.13. The summed E-state index contributed by atoms with van der Waals surface area (Å²) in [5.41, 5.74) is 0.373. The van der Waals surface area contributed by atoms with Gasteiger partial charge in [-0.05, 0) is 19.8 Å². The van der Waals surface area contributed by atoms with Gasteiger partial charge in [0, 0.05) is 11.6 Å². The van der Waals surface area contributed by atoms with Gasteiger partial charge in [-0.3, -0.25) is 0 Å². The minimum absolute atomic E-state index is 0.373. The van der Waals surface area contributed by atoms with Crippen LogP contribution in [0.5, 0.6) is 0 Å². The fourth-order valence-corrected chi connectivity index (χ4v) is 2.07. The van der Waals surface area contributed by atoms with Crippen LogP contribution in [-0.2, 0) is 0 Å². The number of hydrogen-bond acceptors (Lipinski definition) is 1. The molecule has 0 atom stereocenters. The first-order valence-corrected chi connectivity index (χ1v) is 5.31. The molecule has 0 aliphatic rings. The van der Waals surface area contributed by atoms with Gasteiger partial charge in [-0.1, -0.05) is 40.5 Å². The fraction of sp³-hybridized carbons (Fsp3) is 1.00. The predicted molar refractivity (Wildman–Crippen MR) is 56.5 cm³/mol. The highest BCUT2D eigenvalue weighted by Gasteiger charge is 2.21. The lowest BCUT2D eigenvalue weighted by Crippen LogP contribution is -2.45. The Balaban J connectivity index is 3.98. The lowest BCUT2D eigenvalue weighted by Gasteiger charge is -2.32. The molecule has 0 unspecified atom stereocenters. The van der Waals surface area contributed by atoms with E-state index in [0.717, 1.165) is 0 Å². The van der Waals surface area contributed by atoms with E-state index >= 15 is 0 Å². The SMILES string of the molecule is CCCC(C)(CCC)NC(C)C. The maximum atomic E-state index is 3.66. The Morgan fingerprint density at radius 1 is 1.08 bits per heavy atom. The zero-order valence-corrected chi connectivity index (χ0v) is 9.41. The molecule has 0 aromatic carbocycles. The second kappa shape index (κ2) is 5.58. The number of hydrogen-bond donors (Lipinski definition) is 1. The van der Waals surface area contributed by atoms with E-state index in [4.69, 9.17) is 0 Å². The standard InChI is InChI=1S/C11H25N/c1-6-8-11(5,9-7-2)12-10(3)4/h10,12H,6-9H2,1-5H3. The normalized spacial score (nSPS) is 12.5. The second-order valence-corrected chi connectivity index (χ2v) is 4.36. The van der Waals surface area contributed by atoms with Gasteiger partial charge in [0.15, 0.2) is 0 Å². The monoisotopic (exact) mass is 171 g/mol. The van der Waals surface area contributed by atoms with E-state index in [0.29, 0.717) is 11.6 Å². The first-order chi connectivity index (χ1) is 5.54. The molecule has 0 aliphatic heterocycles. The van der Waals surface area contributed by atoms with Crippen molar-refractivity contribution in [3.63, 3.8) is 0 Å². The zero-order valence-electron chi connectivity index (χ0n) is 9.41. The summed E-state index contributed by atoms with van der Waals surface area (Å²) in [5, 5.41) is 3.66. The third-order valence-corrected chi connectivity index (χ3v) is 2.24. The minimum atomic E-state index is 0.373. The van der Waals surface area contributed by atoms with Gasteiger partial charge < -0.3 is 5.32 Å². The predicted octanol–water partition coefficient (Wildman–Crippen LogP) is 3.34. The van der Waals surface area contributed by atoms with Crippen LogP contribution in [0.25, 0.3) is 0 Å². The summed E-state index contributed by atoms with van der Waals surface area (Å²) in [6.45, 7) is 11.3. The Morgan fingerprint density at radius 2 is 1.50 bits per heavy atom. The largest absolute Gasteiger partial charge is 0.309 e. The molecule has 0 aromatic rings. The van der Waals surface area contributed by atoms with Crippen molar-refractivity contribution in [1.29, 1.82) is 0 Å². The van der Waals surface area contributed by atoms with Crippen molar-refractivity contribution in [3.05, 3.63) is 0 Å². The molecule has 0 aliphatic carbocycles. The third-order valence-electron chi connectivity index (χ3n) is 2.24. The van der Waals surface area contributed by atoms with E-state index in [2.05, 4.69) is 39.9 Å². The van der Waals surface area contributed by atoms with Crippen LogP contribution in [0.15, 0.2) is 0 Å². The first kappa shape index (κ1) is 12.0. The van der Waals surface area contributed by atoms with E-state index in [1.165, 1.54) is 25.7 Å². The van der Waals surface area contributed by atoms with E-state index in [1.807, 2.05) is 0 Å². The van der Waals surface area contributed by atoms with Crippen LogP contribution in [0.1, 0.15) is 60.3 Å². The summed E-state index contributed by atoms with van der Waals surface area (Å²) in [5.74, 6) is 0. The third kappa shape index (κ3) is 4.76. The first-order valence-electron chi connectivity index (χ1n) is 5.31. The molecule has 0 amide bonds. The lowest BCUT2D eigenvalue weighted by atomic mass is 9.90. The van der Waals surface area contributed by atoms with Crippen LogP contribution in [-0.4, -0.2) is 11.6 Å². The molecular formula is C11H25N. The fourth-order valence-electron chi connectivity index (χ4n) is 2.07. The molecule has 0 fully saturated rings. The Labute approximate surface area is 77.9 Å². The smallest absolute Gasteiger partial charge is 0.0155 e. The molecule has 0 saturated carbocycles. The highest BCUT2D eigenvalue weighted by atomic mass is 15.0. The van der Waals surface area contributed by atoms with Crippen LogP contribution < -0.4 is 5.32 Å². The molecule has 0 spiro atoms.